The maximum Gasteiger partial charge on any atom is 0.344 e. The van der Waals surface area contributed by atoms with Crippen LogP contribution < -0.4 is 5.32 Å². The van der Waals surface area contributed by atoms with Gasteiger partial charge in [-0.3, -0.25) is 0 Å². The highest BCUT2D eigenvalue weighted by molar-refractivity contribution is 5.79. The molecule has 1 radical (unpaired) electrons. The SMILES string of the molecule is O=C([N]c1ccccc1)N1CCCC1. The van der Waals surface area contributed by atoms with Crippen molar-refractivity contribution < 1.29 is 4.79 Å². The molecule has 1 saturated heterocycles. The first kappa shape index (κ1) is 9.06. The smallest absolute Gasteiger partial charge is 0.323 e. The van der Waals surface area contributed by atoms with Crippen molar-refractivity contribution in [1.82, 2.24) is 10.2 Å². The number of carbonyl (C=O) groups excluding carboxylic acids is 1. The van der Waals surface area contributed by atoms with Crippen LogP contribution in [0.15, 0.2) is 30.3 Å². The van der Waals surface area contributed by atoms with E-state index in [1.54, 1.807) is 4.90 Å². The van der Waals surface area contributed by atoms with Gasteiger partial charge in [0.25, 0.3) is 0 Å². The molecule has 0 unspecified atom stereocenters. The molecule has 0 aromatic heterocycles. The zero-order chi connectivity index (χ0) is 9.80. The Hall–Kier alpha value is -1.51. The van der Waals surface area contributed by atoms with E-state index in [0.29, 0.717) is 0 Å². The standard InChI is InChI=1S/C11H13N2O/c14-11(13-8-4-5-9-13)12-10-6-2-1-3-7-10/h1-3,6-7H,4-5,8-9H2. The van der Waals surface area contributed by atoms with E-state index in [0.717, 1.165) is 31.6 Å². The highest BCUT2D eigenvalue weighted by atomic mass is 16.2. The predicted octanol–water partition coefficient (Wildman–Crippen LogP) is 2.14. The maximum atomic E-state index is 11.6. The van der Waals surface area contributed by atoms with E-state index >= 15 is 0 Å². The summed E-state index contributed by atoms with van der Waals surface area (Å²) < 4.78 is 0. The lowest BCUT2D eigenvalue weighted by Crippen LogP contribution is -2.31. The number of likely N-dealkylation sites (tertiary alicyclic amines) is 1. The third kappa shape index (κ3) is 2.05. The van der Waals surface area contributed by atoms with Crippen LogP contribution in [0.25, 0.3) is 0 Å². The number of rotatable bonds is 1. The second-order valence-electron chi connectivity index (χ2n) is 3.42. The molecule has 0 N–H and O–H groups in total. The van der Waals surface area contributed by atoms with Crippen LogP contribution in [0.2, 0.25) is 0 Å². The largest absolute Gasteiger partial charge is 0.344 e. The van der Waals surface area contributed by atoms with Crippen molar-refractivity contribution in [3.05, 3.63) is 30.3 Å². The highest BCUT2D eigenvalue weighted by Gasteiger charge is 2.18. The van der Waals surface area contributed by atoms with Gasteiger partial charge in [0, 0.05) is 13.1 Å². The zero-order valence-electron chi connectivity index (χ0n) is 8.02. The zero-order valence-corrected chi connectivity index (χ0v) is 8.02. The Labute approximate surface area is 83.7 Å². The van der Waals surface area contributed by atoms with Crippen LogP contribution in [-0.2, 0) is 0 Å². The summed E-state index contributed by atoms with van der Waals surface area (Å²) in [5.74, 6) is 0. The van der Waals surface area contributed by atoms with Crippen LogP contribution in [0.5, 0.6) is 0 Å². The summed E-state index contributed by atoms with van der Waals surface area (Å²) in [7, 11) is 0. The molecule has 73 valence electrons. The number of hydrogen-bond donors (Lipinski definition) is 0. The quantitative estimate of drug-likeness (QED) is 0.666. The van der Waals surface area contributed by atoms with Crippen molar-refractivity contribution in [2.24, 2.45) is 0 Å². The third-order valence-electron chi connectivity index (χ3n) is 2.36. The van der Waals surface area contributed by atoms with E-state index in [4.69, 9.17) is 0 Å². The summed E-state index contributed by atoms with van der Waals surface area (Å²) in [6.07, 6.45) is 2.21. The van der Waals surface area contributed by atoms with Gasteiger partial charge in [-0.2, -0.15) is 5.32 Å². The van der Waals surface area contributed by atoms with Crippen LogP contribution in [0.1, 0.15) is 12.8 Å². The van der Waals surface area contributed by atoms with E-state index in [1.165, 1.54) is 0 Å². The van der Waals surface area contributed by atoms with Gasteiger partial charge in [0.1, 0.15) is 0 Å². The number of hydrogen-bond acceptors (Lipinski definition) is 1. The normalized spacial score (nSPS) is 15.6. The van der Waals surface area contributed by atoms with Gasteiger partial charge in [0.2, 0.25) is 0 Å². The molecule has 0 aliphatic carbocycles. The van der Waals surface area contributed by atoms with Crippen LogP contribution in [0.3, 0.4) is 0 Å². The molecule has 14 heavy (non-hydrogen) atoms. The van der Waals surface area contributed by atoms with Crippen LogP contribution in [0.4, 0.5) is 10.5 Å². The molecule has 1 aromatic carbocycles. The lowest BCUT2D eigenvalue weighted by molar-refractivity contribution is 0.212. The van der Waals surface area contributed by atoms with Gasteiger partial charge in [-0.15, -0.1) is 0 Å². The monoisotopic (exact) mass is 189 g/mol. The molecular weight excluding hydrogens is 176 g/mol. The van der Waals surface area contributed by atoms with Gasteiger partial charge in [-0.05, 0) is 25.0 Å². The number of urea groups is 1. The van der Waals surface area contributed by atoms with Gasteiger partial charge in [-0.25, -0.2) is 4.79 Å². The summed E-state index contributed by atoms with van der Waals surface area (Å²) >= 11 is 0. The Bertz CT molecular complexity index is 304. The Kier molecular flexibility index (Phi) is 2.68. The molecule has 0 bridgehead atoms. The van der Waals surface area contributed by atoms with Crippen molar-refractivity contribution in [3.63, 3.8) is 0 Å². The Morgan fingerprint density at radius 2 is 1.79 bits per heavy atom. The summed E-state index contributed by atoms with van der Waals surface area (Å²) in [6.45, 7) is 1.71. The molecule has 1 aliphatic rings. The molecule has 3 heteroatoms. The van der Waals surface area contributed by atoms with Crippen molar-refractivity contribution in [1.29, 1.82) is 0 Å². The first-order valence-electron chi connectivity index (χ1n) is 4.92. The number of amides is 2. The fraction of sp³-hybridized carbons (Fsp3) is 0.364. The van der Waals surface area contributed by atoms with Crippen LogP contribution in [-0.4, -0.2) is 24.0 Å². The third-order valence-corrected chi connectivity index (χ3v) is 2.36. The molecule has 2 rings (SSSR count). The van der Waals surface area contributed by atoms with E-state index in [-0.39, 0.29) is 6.03 Å². The number of carbonyl (C=O) groups is 1. The van der Waals surface area contributed by atoms with Crippen LogP contribution >= 0.6 is 0 Å². The van der Waals surface area contributed by atoms with Crippen molar-refractivity contribution in [2.45, 2.75) is 12.8 Å². The molecule has 3 nitrogen and oxygen atoms in total. The molecule has 2 amide bonds. The molecule has 1 fully saturated rings. The summed E-state index contributed by atoms with van der Waals surface area (Å²) in [5, 5.41) is 4.03. The minimum atomic E-state index is -0.103. The van der Waals surface area contributed by atoms with Gasteiger partial charge in [0.15, 0.2) is 0 Å². The molecular formula is C11H13N2O. The maximum absolute atomic E-state index is 11.6. The first-order chi connectivity index (χ1) is 6.86. The molecule has 0 atom stereocenters. The van der Waals surface area contributed by atoms with Gasteiger partial charge < -0.3 is 4.90 Å². The van der Waals surface area contributed by atoms with Gasteiger partial charge in [0.05, 0.1) is 5.69 Å². The number of nitrogens with zero attached hydrogens (tertiary/aromatic N) is 2. The molecule has 1 aliphatic heterocycles. The Morgan fingerprint density at radius 1 is 1.14 bits per heavy atom. The highest BCUT2D eigenvalue weighted by Crippen LogP contribution is 2.11. The lowest BCUT2D eigenvalue weighted by Gasteiger charge is -2.13. The lowest BCUT2D eigenvalue weighted by atomic mass is 10.3. The average molecular weight is 189 g/mol. The number of benzene rings is 1. The minimum Gasteiger partial charge on any atom is -0.323 e. The molecule has 1 heterocycles. The molecule has 0 saturated carbocycles. The summed E-state index contributed by atoms with van der Waals surface area (Å²) in [4.78, 5) is 13.4. The van der Waals surface area contributed by atoms with Gasteiger partial charge in [-0.1, -0.05) is 18.2 Å². The van der Waals surface area contributed by atoms with Crippen LogP contribution in [0, 0.1) is 0 Å². The summed E-state index contributed by atoms with van der Waals surface area (Å²) in [5.41, 5.74) is 0.740. The topological polar surface area (TPSA) is 34.4 Å². The van der Waals surface area contributed by atoms with E-state index in [2.05, 4.69) is 5.32 Å². The number of para-hydroxylation sites is 1. The average Bonchev–Trinajstić information content (AvgIpc) is 2.72. The fourth-order valence-corrected chi connectivity index (χ4v) is 1.59. The van der Waals surface area contributed by atoms with Crippen molar-refractivity contribution in [3.8, 4) is 0 Å². The second kappa shape index (κ2) is 4.13. The van der Waals surface area contributed by atoms with E-state index in [9.17, 15) is 4.79 Å². The Morgan fingerprint density at radius 3 is 2.43 bits per heavy atom. The van der Waals surface area contributed by atoms with Crippen molar-refractivity contribution in [2.75, 3.05) is 13.1 Å². The predicted molar refractivity (Wildman–Crippen MR) is 54.4 cm³/mol. The fourth-order valence-electron chi connectivity index (χ4n) is 1.59. The molecule has 1 aromatic rings. The van der Waals surface area contributed by atoms with E-state index in [1.807, 2.05) is 30.3 Å². The van der Waals surface area contributed by atoms with E-state index < -0.39 is 0 Å². The van der Waals surface area contributed by atoms with Gasteiger partial charge >= 0.3 is 6.03 Å². The summed E-state index contributed by atoms with van der Waals surface area (Å²) in [6, 6.07) is 9.27. The first-order valence-corrected chi connectivity index (χ1v) is 4.92. The molecule has 0 spiro atoms. The Balaban J connectivity index is 1.94. The second-order valence-corrected chi connectivity index (χ2v) is 3.42. The minimum absolute atomic E-state index is 0.103. The van der Waals surface area contributed by atoms with Crippen molar-refractivity contribution >= 4 is 11.7 Å².